The number of carbonyl (C=O) groups excluding carboxylic acids is 1. The quantitative estimate of drug-likeness (QED) is 0.475. The van der Waals surface area contributed by atoms with E-state index in [1.54, 1.807) is 10.6 Å². The number of benzene rings is 2. The fraction of sp³-hybridized carbons (Fsp3) is 0.250. The van der Waals surface area contributed by atoms with Crippen molar-refractivity contribution in [1.29, 1.82) is 0 Å². The molecule has 1 N–H and O–H groups in total. The first-order valence-corrected chi connectivity index (χ1v) is 11.0. The molecular weight excluding hydrogens is 396 g/mol. The van der Waals surface area contributed by atoms with Gasteiger partial charge >= 0.3 is 0 Å². The largest absolute Gasteiger partial charge is 0.494 e. The second-order valence-corrected chi connectivity index (χ2v) is 8.06. The number of amides is 1. The molecule has 4 aromatic rings. The second-order valence-electron chi connectivity index (χ2n) is 7.00. The third kappa shape index (κ3) is 3.83. The molecule has 4 rings (SSSR count). The van der Waals surface area contributed by atoms with Crippen LogP contribution in [0, 0.1) is 0 Å². The first-order valence-electron chi connectivity index (χ1n) is 10.2. The highest BCUT2D eigenvalue weighted by Crippen LogP contribution is 2.30. The zero-order valence-corrected chi connectivity index (χ0v) is 17.9. The summed E-state index contributed by atoms with van der Waals surface area (Å²) in [6, 6.07) is 17.5. The molecule has 0 fully saturated rings. The number of hydrogen-bond donors (Lipinski definition) is 1. The lowest BCUT2D eigenvalue weighted by Gasteiger charge is -2.08. The maximum absolute atomic E-state index is 12.9. The molecule has 0 unspecified atom stereocenters. The van der Waals surface area contributed by atoms with Crippen molar-refractivity contribution in [2.45, 2.75) is 26.8 Å². The number of ether oxygens (including phenoxy) is 1. The van der Waals surface area contributed by atoms with Gasteiger partial charge in [-0.3, -0.25) is 9.59 Å². The van der Waals surface area contributed by atoms with Gasteiger partial charge in [0.05, 0.1) is 22.4 Å². The van der Waals surface area contributed by atoms with Crippen LogP contribution in [-0.2, 0) is 13.0 Å². The number of aromatic nitrogens is 1. The maximum Gasteiger partial charge on any atom is 0.261 e. The number of nitrogens with zero attached hydrogens (tertiary/aromatic N) is 1. The molecule has 0 aliphatic carbocycles. The molecule has 0 spiro atoms. The van der Waals surface area contributed by atoms with Gasteiger partial charge in [0, 0.05) is 23.2 Å². The number of para-hydroxylation sites is 1. The fourth-order valence-corrected chi connectivity index (χ4v) is 4.76. The van der Waals surface area contributed by atoms with Crippen molar-refractivity contribution in [1.82, 2.24) is 9.88 Å². The number of nitrogens with one attached hydrogen (secondary N) is 1. The summed E-state index contributed by atoms with van der Waals surface area (Å²) < 4.78 is 8.09. The predicted molar refractivity (Wildman–Crippen MR) is 123 cm³/mol. The number of fused-ring (bicyclic) bond motifs is 3. The molecule has 2 aromatic carbocycles. The standard InChI is InChI=1S/C24H24N2O3S/c1-3-26-20-8-6-5-7-18(20)22-19(24(26)28)15-21(30-22)23(27)25-14-13-16-9-11-17(12-10-16)29-4-2/h5-12,15H,3-4,13-14H2,1-2H3,(H,25,27). The molecule has 5 nitrogen and oxygen atoms in total. The van der Waals surface area contributed by atoms with Gasteiger partial charge < -0.3 is 14.6 Å². The number of thiophene rings is 1. The van der Waals surface area contributed by atoms with E-state index >= 15 is 0 Å². The van der Waals surface area contributed by atoms with Gasteiger partial charge in [-0.1, -0.05) is 30.3 Å². The third-order valence-corrected chi connectivity index (χ3v) is 6.29. The van der Waals surface area contributed by atoms with Crippen LogP contribution in [-0.4, -0.2) is 23.6 Å². The Morgan fingerprint density at radius 3 is 2.57 bits per heavy atom. The Morgan fingerprint density at radius 1 is 1.07 bits per heavy atom. The van der Waals surface area contributed by atoms with Gasteiger partial charge in [-0.25, -0.2) is 0 Å². The molecule has 0 saturated heterocycles. The van der Waals surface area contributed by atoms with Crippen LogP contribution in [0.1, 0.15) is 29.1 Å². The number of carbonyl (C=O) groups is 1. The van der Waals surface area contributed by atoms with Gasteiger partial charge in [0.25, 0.3) is 11.5 Å². The van der Waals surface area contributed by atoms with Crippen LogP contribution in [0.2, 0.25) is 0 Å². The smallest absolute Gasteiger partial charge is 0.261 e. The molecule has 0 bridgehead atoms. The van der Waals surface area contributed by atoms with Crippen LogP contribution in [0.15, 0.2) is 59.4 Å². The molecule has 0 aliphatic rings. The van der Waals surface area contributed by atoms with E-state index in [9.17, 15) is 9.59 Å². The van der Waals surface area contributed by atoms with Gasteiger partial charge in [0.15, 0.2) is 0 Å². The van der Waals surface area contributed by atoms with Crippen LogP contribution < -0.4 is 15.6 Å². The molecule has 0 radical (unpaired) electrons. The lowest BCUT2D eigenvalue weighted by Crippen LogP contribution is -2.24. The second kappa shape index (κ2) is 8.71. The Labute approximate surface area is 178 Å². The van der Waals surface area contributed by atoms with Crippen LogP contribution >= 0.6 is 11.3 Å². The van der Waals surface area contributed by atoms with Crippen molar-refractivity contribution in [3.8, 4) is 5.75 Å². The van der Waals surface area contributed by atoms with Gasteiger partial charge in [-0.05, 0) is 50.1 Å². The molecule has 0 atom stereocenters. The van der Waals surface area contributed by atoms with E-state index in [-0.39, 0.29) is 11.5 Å². The van der Waals surface area contributed by atoms with Crippen LogP contribution in [0.4, 0.5) is 0 Å². The topological polar surface area (TPSA) is 60.3 Å². The minimum atomic E-state index is -0.145. The molecule has 154 valence electrons. The Balaban J connectivity index is 1.53. The Kier molecular flexibility index (Phi) is 5.86. The number of rotatable bonds is 7. The van der Waals surface area contributed by atoms with Crippen molar-refractivity contribution >= 4 is 38.2 Å². The number of pyridine rings is 1. The van der Waals surface area contributed by atoms with Crippen molar-refractivity contribution in [2.75, 3.05) is 13.2 Å². The van der Waals surface area contributed by atoms with Gasteiger partial charge in [-0.15, -0.1) is 11.3 Å². The van der Waals surface area contributed by atoms with Crippen molar-refractivity contribution < 1.29 is 9.53 Å². The third-order valence-electron chi connectivity index (χ3n) is 5.12. The van der Waals surface area contributed by atoms with E-state index in [2.05, 4.69) is 5.32 Å². The Morgan fingerprint density at radius 2 is 1.83 bits per heavy atom. The Bertz CT molecular complexity index is 1260. The monoisotopic (exact) mass is 420 g/mol. The zero-order valence-electron chi connectivity index (χ0n) is 17.1. The SMILES string of the molecule is CCOc1ccc(CCNC(=O)c2cc3c(=O)n(CC)c4ccccc4c3s2)cc1. The van der Waals surface area contributed by atoms with Gasteiger partial charge in [-0.2, -0.15) is 0 Å². The molecule has 2 heterocycles. The van der Waals surface area contributed by atoms with E-state index < -0.39 is 0 Å². The highest BCUT2D eigenvalue weighted by Gasteiger charge is 2.16. The van der Waals surface area contributed by atoms with E-state index in [1.807, 2.05) is 62.4 Å². The first kappa shape index (κ1) is 20.2. The summed E-state index contributed by atoms with van der Waals surface area (Å²) in [5.41, 5.74) is 1.99. The zero-order chi connectivity index (χ0) is 21.1. The summed E-state index contributed by atoms with van der Waals surface area (Å²) in [6.07, 6.45) is 0.731. The average molecular weight is 421 g/mol. The van der Waals surface area contributed by atoms with Crippen LogP contribution in [0.5, 0.6) is 5.75 Å². The van der Waals surface area contributed by atoms with E-state index in [4.69, 9.17) is 4.74 Å². The van der Waals surface area contributed by atoms with Gasteiger partial charge in [0.2, 0.25) is 0 Å². The van der Waals surface area contributed by atoms with Crippen LogP contribution in [0.25, 0.3) is 21.0 Å². The lowest BCUT2D eigenvalue weighted by atomic mass is 10.1. The summed E-state index contributed by atoms with van der Waals surface area (Å²) in [5.74, 6) is 0.703. The number of aryl methyl sites for hydroxylation is 1. The van der Waals surface area contributed by atoms with Crippen molar-refractivity contribution in [3.63, 3.8) is 0 Å². The molecule has 30 heavy (non-hydrogen) atoms. The molecule has 6 heteroatoms. The van der Waals surface area contributed by atoms with Crippen molar-refractivity contribution in [3.05, 3.63) is 75.4 Å². The highest BCUT2D eigenvalue weighted by atomic mass is 32.1. The van der Waals surface area contributed by atoms with E-state index in [0.717, 1.165) is 33.3 Å². The summed E-state index contributed by atoms with van der Waals surface area (Å²) in [7, 11) is 0. The van der Waals surface area contributed by atoms with E-state index in [1.165, 1.54) is 11.3 Å². The highest BCUT2D eigenvalue weighted by molar-refractivity contribution is 7.21. The normalized spacial score (nSPS) is 11.1. The van der Waals surface area contributed by atoms with Gasteiger partial charge in [0.1, 0.15) is 5.75 Å². The minimum absolute atomic E-state index is 0.0455. The predicted octanol–water partition coefficient (Wildman–Crippen LogP) is 4.61. The van der Waals surface area contributed by atoms with Crippen molar-refractivity contribution in [2.24, 2.45) is 0 Å². The van der Waals surface area contributed by atoms with Crippen LogP contribution in [0.3, 0.4) is 0 Å². The molecule has 2 aromatic heterocycles. The average Bonchev–Trinajstić information content (AvgIpc) is 3.22. The maximum atomic E-state index is 12.9. The molecule has 0 saturated carbocycles. The minimum Gasteiger partial charge on any atom is -0.494 e. The number of hydrogen-bond acceptors (Lipinski definition) is 4. The van der Waals surface area contributed by atoms with E-state index in [0.29, 0.717) is 30.0 Å². The summed E-state index contributed by atoms with van der Waals surface area (Å²) in [5, 5.41) is 4.59. The lowest BCUT2D eigenvalue weighted by molar-refractivity contribution is 0.0958. The molecule has 1 amide bonds. The Hall–Kier alpha value is -3.12. The molecular formula is C24H24N2O3S. The first-order chi connectivity index (χ1) is 14.6. The summed E-state index contributed by atoms with van der Waals surface area (Å²) in [6.45, 7) is 5.68. The summed E-state index contributed by atoms with van der Waals surface area (Å²) in [4.78, 5) is 26.2. The summed E-state index contributed by atoms with van der Waals surface area (Å²) >= 11 is 1.38. The molecule has 0 aliphatic heterocycles. The fourth-order valence-electron chi connectivity index (χ4n) is 3.66.